The fourth-order valence-corrected chi connectivity index (χ4v) is 1.48. The molecule has 0 aliphatic carbocycles. The van der Waals surface area contributed by atoms with Crippen molar-refractivity contribution in [1.82, 2.24) is 14.9 Å². The van der Waals surface area contributed by atoms with Crippen molar-refractivity contribution < 1.29 is 4.79 Å². The van der Waals surface area contributed by atoms with E-state index in [0.29, 0.717) is 13.0 Å². The van der Waals surface area contributed by atoms with Gasteiger partial charge in [0.15, 0.2) is 0 Å². The molecule has 0 N–H and O–H groups in total. The molecule has 0 atom stereocenters. The Labute approximate surface area is 80.5 Å². The molecule has 0 fully saturated rings. The van der Waals surface area contributed by atoms with Crippen molar-refractivity contribution in [3.8, 4) is 0 Å². The Kier molecular flexibility index (Phi) is 1.92. The van der Waals surface area contributed by atoms with Gasteiger partial charge in [0.1, 0.15) is 0 Å². The molecule has 1 aliphatic rings. The van der Waals surface area contributed by atoms with Crippen LogP contribution in [-0.2, 0) is 17.8 Å². The molecule has 1 aromatic heterocycles. The van der Waals surface area contributed by atoms with Gasteiger partial charge in [-0.15, -0.1) is 0 Å². The van der Waals surface area contributed by atoms with Crippen LogP contribution in [0.4, 0.5) is 0 Å². The van der Waals surface area contributed by atoms with Crippen LogP contribution in [-0.4, -0.2) is 27.8 Å². The maximum atomic E-state index is 11.3. The second kappa shape index (κ2) is 2.96. The zero-order valence-corrected chi connectivity index (χ0v) is 7.88. The van der Waals surface area contributed by atoms with Gasteiger partial charge in [0.2, 0.25) is 11.2 Å². The Morgan fingerprint density at radius 3 is 3.15 bits per heavy atom. The molecule has 0 aromatic carbocycles. The molecule has 0 unspecified atom stereocenters. The van der Waals surface area contributed by atoms with Gasteiger partial charge >= 0.3 is 0 Å². The van der Waals surface area contributed by atoms with Crippen molar-refractivity contribution in [2.24, 2.45) is 0 Å². The van der Waals surface area contributed by atoms with Crippen LogP contribution in [0.25, 0.3) is 0 Å². The summed E-state index contributed by atoms with van der Waals surface area (Å²) in [7, 11) is 1.76. The molecule has 4 nitrogen and oxygen atoms in total. The highest BCUT2D eigenvalue weighted by molar-refractivity contribution is 6.28. The van der Waals surface area contributed by atoms with Crippen molar-refractivity contribution >= 4 is 17.5 Å². The van der Waals surface area contributed by atoms with Crippen LogP contribution in [0, 0.1) is 0 Å². The number of carbonyl (C=O) groups is 1. The molecule has 0 radical (unpaired) electrons. The lowest BCUT2D eigenvalue weighted by Crippen LogP contribution is -2.33. The molecule has 68 valence electrons. The van der Waals surface area contributed by atoms with Gasteiger partial charge in [0.05, 0.1) is 12.1 Å². The lowest BCUT2D eigenvalue weighted by molar-refractivity contribution is -0.130. The SMILES string of the molecule is CN1Cc2cnc(Cl)nc2CC1=O. The molecular formula is C8H8ClN3O. The van der Waals surface area contributed by atoms with Crippen molar-refractivity contribution in [3.05, 3.63) is 22.7 Å². The summed E-state index contributed by atoms with van der Waals surface area (Å²) in [6, 6.07) is 0. The predicted octanol–water partition coefficient (Wildman–Crippen LogP) is 0.645. The third kappa shape index (κ3) is 1.49. The van der Waals surface area contributed by atoms with Gasteiger partial charge in [-0.2, -0.15) is 0 Å². The van der Waals surface area contributed by atoms with Crippen LogP contribution >= 0.6 is 11.6 Å². The quantitative estimate of drug-likeness (QED) is 0.574. The molecule has 5 heteroatoms. The van der Waals surface area contributed by atoms with E-state index < -0.39 is 0 Å². The van der Waals surface area contributed by atoms with Gasteiger partial charge < -0.3 is 4.90 Å². The second-order valence-corrected chi connectivity index (χ2v) is 3.38. The van der Waals surface area contributed by atoms with Crippen LogP contribution in [0.1, 0.15) is 11.3 Å². The van der Waals surface area contributed by atoms with Gasteiger partial charge in [-0.05, 0) is 11.6 Å². The van der Waals surface area contributed by atoms with Crippen molar-refractivity contribution in [2.45, 2.75) is 13.0 Å². The van der Waals surface area contributed by atoms with Crippen LogP contribution < -0.4 is 0 Å². The van der Waals surface area contributed by atoms with Crippen LogP contribution in [0.15, 0.2) is 6.20 Å². The number of amides is 1. The fraction of sp³-hybridized carbons (Fsp3) is 0.375. The molecular weight excluding hydrogens is 190 g/mol. The zero-order chi connectivity index (χ0) is 9.42. The van der Waals surface area contributed by atoms with E-state index in [0.717, 1.165) is 11.3 Å². The topological polar surface area (TPSA) is 46.1 Å². The minimum Gasteiger partial charge on any atom is -0.341 e. The molecule has 1 aromatic rings. The molecule has 1 amide bonds. The van der Waals surface area contributed by atoms with Crippen LogP contribution in [0.2, 0.25) is 5.28 Å². The van der Waals surface area contributed by atoms with Gasteiger partial charge in [0.25, 0.3) is 0 Å². The minimum absolute atomic E-state index is 0.0715. The molecule has 2 heterocycles. The number of rotatable bonds is 0. The lowest BCUT2D eigenvalue weighted by atomic mass is 10.1. The van der Waals surface area contributed by atoms with E-state index in [-0.39, 0.29) is 11.2 Å². The highest BCUT2D eigenvalue weighted by Crippen LogP contribution is 2.16. The van der Waals surface area contributed by atoms with Crippen LogP contribution in [0.3, 0.4) is 0 Å². The van der Waals surface area contributed by atoms with Crippen molar-refractivity contribution in [3.63, 3.8) is 0 Å². The second-order valence-electron chi connectivity index (χ2n) is 3.04. The Morgan fingerprint density at radius 2 is 2.38 bits per heavy atom. The largest absolute Gasteiger partial charge is 0.341 e. The van der Waals surface area contributed by atoms with E-state index in [1.54, 1.807) is 18.1 Å². The summed E-state index contributed by atoms with van der Waals surface area (Å²) in [5.41, 5.74) is 1.73. The average Bonchev–Trinajstić information content (AvgIpc) is 2.08. The summed E-state index contributed by atoms with van der Waals surface area (Å²) < 4.78 is 0. The molecule has 1 aliphatic heterocycles. The molecule has 0 saturated carbocycles. The third-order valence-electron chi connectivity index (χ3n) is 2.08. The summed E-state index contributed by atoms with van der Waals surface area (Å²) in [6.07, 6.45) is 2.00. The van der Waals surface area contributed by atoms with E-state index in [1.807, 2.05) is 0 Å². The number of likely N-dealkylation sites (N-methyl/N-ethyl adjacent to an activating group) is 1. The first-order valence-electron chi connectivity index (χ1n) is 3.91. The maximum absolute atomic E-state index is 11.3. The van der Waals surface area contributed by atoms with E-state index in [4.69, 9.17) is 11.6 Å². The molecule has 2 rings (SSSR count). The Morgan fingerprint density at radius 1 is 1.62 bits per heavy atom. The summed E-state index contributed by atoms with van der Waals surface area (Å²) in [6.45, 7) is 0.575. The zero-order valence-electron chi connectivity index (χ0n) is 7.12. The van der Waals surface area contributed by atoms with E-state index in [2.05, 4.69) is 9.97 Å². The standard InChI is InChI=1S/C8H8ClN3O/c1-12-4-5-3-10-8(9)11-6(5)2-7(12)13/h3H,2,4H2,1H3. The van der Waals surface area contributed by atoms with Crippen LogP contribution in [0.5, 0.6) is 0 Å². The lowest BCUT2D eigenvalue weighted by Gasteiger charge is -2.23. The van der Waals surface area contributed by atoms with Gasteiger partial charge in [-0.1, -0.05) is 0 Å². The Bertz CT molecular complexity index is 366. The summed E-state index contributed by atoms with van der Waals surface area (Å²) in [5, 5.41) is 0.205. The molecule has 0 bridgehead atoms. The van der Waals surface area contributed by atoms with E-state index in [1.165, 1.54) is 0 Å². The summed E-state index contributed by atoms with van der Waals surface area (Å²) in [5.74, 6) is 0.0715. The monoisotopic (exact) mass is 197 g/mol. The average molecular weight is 198 g/mol. The van der Waals surface area contributed by atoms with E-state index in [9.17, 15) is 4.79 Å². The number of carbonyl (C=O) groups excluding carboxylic acids is 1. The Hall–Kier alpha value is -1.16. The molecule has 13 heavy (non-hydrogen) atoms. The van der Waals surface area contributed by atoms with Crippen molar-refractivity contribution in [1.29, 1.82) is 0 Å². The maximum Gasteiger partial charge on any atom is 0.228 e. The highest BCUT2D eigenvalue weighted by atomic mass is 35.5. The first kappa shape index (κ1) is 8.44. The third-order valence-corrected chi connectivity index (χ3v) is 2.26. The molecule has 0 spiro atoms. The number of nitrogens with zero attached hydrogens (tertiary/aromatic N) is 3. The van der Waals surface area contributed by atoms with Gasteiger partial charge in [-0.25, -0.2) is 9.97 Å². The number of fused-ring (bicyclic) bond motifs is 1. The van der Waals surface area contributed by atoms with E-state index >= 15 is 0 Å². The number of aromatic nitrogens is 2. The number of halogens is 1. The first-order valence-corrected chi connectivity index (χ1v) is 4.29. The summed E-state index contributed by atoms with van der Waals surface area (Å²) >= 11 is 5.61. The summed E-state index contributed by atoms with van der Waals surface area (Å²) in [4.78, 5) is 20.8. The number of hydrogen-bond donors (Lipinski definition) is 0. The smallest absolute Gasteiger partial charge is 0.228 e. The van der Waals surface area contributed by atoms with Gasteiger partial charge in [0, 0.05) is 25.4 Å². The predicted molar refractivity (Wildman–Crippen MR) is 47.2 cm³/mol. The molecule has 0 saturated heterocycles. The van der Waals surface area contributed by atoms with Crippen molar-refractivity contribution in [2.75, 3.05) is 7.05 Å². The first-order chi connectivity index (χ1) is 6.16. The Balaban J connectivity index is 2.42. The van der Waals surface area contributed by atoms with Gasteiger partial charge in [-0.3, -0.25) is 4.79 Å². The normalized spacial score (nSPS) is 15.8. The minimum atomic E-state index is 0.0715. The highest BCUT2D eigenvalue weighted by Gasteiger charge is 2.21. The fourth-order valence-electron chi connectivity index (χ4n) is 1.32. The number of hydrogen-bond acceptors (Lipinski definition) is 3.